The molecule has 0 unspecified atom stereocenters. The van der Waals surface area contributed by atoms with Gasteiger partial charge in [0, 0.05) is 11.8 Å². The average Bonchev–Trinajstić information content (AvgIpc) is 3.30. The lowest BCUT2D eigenvalue weighted by atomic mass is 10.0. The number of nitrogens with zero attached hydrogens (tertiary/aromatic N) is 4. The molecule has 0 aliphatic heterocycles. The molecule has 148 valence electrons. The van der Waals surface area contributed by atoms with E-state index in [-0.39, 0.29) is 24.3 Å². The van der Waals surface area contributed by atoms with Crippen molar-refractivity contribution in [3.8, 4) is 11.5 Å². The Kier molecular flexibility index (Phi) is 5.12. The summed E-state index contributed by atoms with van der Waals surface area (Å²) < 4.78 is 7.67. The third-order valence-corrected chi connectivity index (χ3v) is 4.84. The van der Waals surface area contributed by atoms with Crippen molar-refractivity contribution in [1.29, 1.82) is 0 Å². The molecular weight excluding hydrogens is 366 g/mol. The van der Waals surface area contributed by atoms with Gasteiger partial charge in [-0.3, -0.25) is 9.20 Å². The Balaban J connectivity index is 1.53. The second-order valence-electron chi connectivity index (χ2n) is 7.34. The van der Waals surface area contributed by atoms with Crippen LogP contribution in [-0.4, -0.2) is 25.5 Å². The summed E-state index contributed by atoms with van der Waals surface area (Å²) in [4.78, 5) is 17.3. The third-order valence-electron chi connectivity index (χ3n) is 4.84. The summed E-state index contributed by atoms with van der Waals surface area (Å²) in [6, 6.07) is 15.1. The summed E-state index contributed by atoms with van der Waals surface area (Å²) >= 11 is 0. The van der Waals surface area contributed by atoms with Gasteiger partial charge in [0.25, 0.3) is 0 Å². The van der Waals surface area contributed by atoms with E-state index in [9.17, 15) is 4.79 Å². The Labute approximate surface area is 168 Å². The normalized spacial score (nSPS) is 12.4. The zero-order valence-corrected chi connectivity index (χ0v) is 16.7. The van der Waals surface area contributed by atoms with Crippen LogP contribution in [0, 0.1) is 12.8 Å². The quantitative estimate of drug-likeness (QED) is 0.543. The van der Waals surface area contributed by atoms with Crippen LogP contribution in [0.4, 0.5) is 0 Å². The van der Waals surface area contributed by atoms with Crippen LogP contribution in [0.3, 0.4) is 0 Å². The Morgan fingerprint density at radius 2 is 1.86 bits per heavy atom. The number of hydrogen-bond acceptors (Lipinski definition) is 5. The highest BCUT2D eigenvalue weighted by Gasteiger charge is 2.24. The maximum Gasteiger partial charge on any atom is 0.226 e. The molecule has 3 heterocycles. The van der Waals surface area contributed by atoms with Crippen LogP contribution in [0.25, 0.3) is 17.1 Å². The predicted molar refractivity (Wildman–Crippen MR) is 109 cm³/mol. The Morgan fingerprint density at radius 3 is 2.62 bits per heavy atom. The van der Waals surface area contributed by atoms with E-state index >= 15 is 0 Å². The molecule has 7 nitrogen and oxygen atoms in total. The minimum absolute atomic E-state index is 0.132. The van der Waals surface area contributed by atoms with Gasteiger partial charge in [0.05, 0.1) is 18.2 Å². The van der Waals surface area contributed by atoms with E-state index in [4.69, 9.17) is 4.42 Å². The van der Waals surface area contributed by atoms with Crippen LogP contribution < -0.4 is 5.32 Å². The van der Waals surface area contributed by atoms with Crippen molar-refractivity contribution < 1.29 is 9.21 Å². The number of rotatable bonds is 6. The van der Waals surface area contributed by atoms with Crippen LogP contribution in [0.15, 0.2) is 59.1 Å². The topological polar surface area (TPSA) is 85.3 Å². The lowest BCUT2D eigenvalue weighted by Gasteiger charge is -2.20. The van der Waals surface area contributed by atoms with E-state index in [0.717, 1.165) is 11.2 Å². The monoisotopic (exact) mass is 389 g/mol. The lowest BCUT2D eigenvalue weighted by Crippen LogP contribution is -2.34. The van der Waals surface area contributed by atoms with Gasteiger partial charge < -0.3 is 9.73 Å². The molecule has 7 heteroatoms. The van der Waals surface area contributed by atoms with Crippen LogP contribution >= 0.6 is 0 Å². The predicted octanol–water partition coefficient (Wildman–Crippen LogP) is 3.75. The summed E-state index contributed by atoms with van der Waals surface area (Å²) in [6.07, 6.45) is 2.04. The summed E-state index contributed by atoms with van der Waals surface area (Å²) in [6.45, 7) is 5.92. The van der Waals surface area contributed by atoms with E-state index in [1.54, 1.807) is 0 Å². The molecule has 29 heavy (non-hydrogen) atoms. The van der Waals surface area contributed by atoms with Crippen molar-refractivity contribution in [3.63, 3.8) is 0 Å². The van der Waals surface area contributed by atoms with Crippen molar-refractivity contribution in [2.45, 2.75) is 33.2 Å². The van der Waals surface area contributed by atoms with Crippen molar-refractivity contribution in [3.05, 3.63) is 72.0 Å². The SMILES string of the molecule is Cc1oc(-c2ccccc2)nc1CC(=O)N[C@@H](c1nnc2ccccn12)C(C)C. The summed E-state index contributed by atoms with van der Waals surface area (Å²) in [7, 11) is 0. The molecule has 0 saturated carbocycles. The number of carbonyl (C=O) groups excluding carboxylic acids is 1. The first-order valence-corrected chi connectivity index (χ1v) is 9.63. The Bertz CT molecular complexity index is 1130. The first-order chi connectivity index (χ1) is 14.0. The van der Waals surface area contributed by atoms with Gasteiger partial charge in [-0.25, -0.2) is 4.98 Å². The van der Waals surface area contributed by atoms with Crippen LogP contribution in [0.5, 0.6) is 0 Å². The van der Waals surface area contributed by atoms with Gasteiger partial charge in [0.2, 0.25) is 11.8 Å². The molecule has 1 N–H and O–H groups in total. The van der Waals surface area contributed by atoms with E-state index in [1.165, 1.54) is 0 Å². The summed E-state index contributed by atoms with van der Waals surface area (Å²) in [5.74, 6) is 1.89. The molecule has 4 rings (SSSR count). The largest absolute Gasteiger partial charge is 0.441 e. The molecular formula is C22H23N5O2. The number of fused-ring (bicyclic) bond motifs is 1. The average molecular weight is 389 g/mol. The minimum Gasteiger partial charge on any atom is -0.441 e. The van der Waals surface area contributed by atoms with Gasteiger partial charge in [-0.2, -0.15) is 0 Å². The minimum atomic E-state index is -0.263. The van der Waals surface area contributed by atoms with Gasteiger partial charge in [-0.15, -0.1) is 10.2 Å². The molecule has 0 spiro atoms. The number of carbonyl (C=O) groups is 1. The molecule has 1 amide bonds. The number of oxazole rings is 1. The summed E-state index contributed by atoms with van der Waals surface area (Å²) in [5.41, 5.74) is 2.27. The molecule has 0 bridgehead atoms. The van der Waals surface area contributed by atoms with Gasteiger partial charge in [-0.1, -0.05) is 38.1 Å². The van der Waals surface area contributed by atoms with Crippen molar-refractivity contribution >= 4 is 11.6 Å². The third kappa shape index (κ3) is 3.89. The fraction of sp³-hybridized carbons (Fsp3) is 0.273. The number of aromatic nitrogens is 4. The fourth-order valence-electron chi connectivity index (χ4n) is 3.27. The summed E-state index contributed by atoms with van der Waals surface area (Å²) in [5, 5.41) is 11.6. The second-order valence-corrected chi connectivity index (χ2v) is 7.34. The van der Waals surface area contributed by atoms with Crippen molar-refractivity contribution in [1.82, 2.24) is 24.9 Å². The molecule has 0 radical (unpaired) electrons. The molecule has 1 atom stereocenters. The Morgan fingerprint density at radius 1 is 1.10 bits per heavy atom. The molecule has 4 aromatic rings. The number of pyridine rings is 1. The van der Waals surface area contributed by atoms with E-state index in [1.807, 2.05) is 79.9 Å². The molecule has 0 aliphatic carbocycles. The second kappa shape index (κ2) is 7.87. The number of amides is 1. The maximum atomic E-state index is 12.8. The van der Waals surface area contributed by atoms with Crippen LogP contribution in [0.1, 0.15) is 37.2 Å². The van der Waals surface area contributed by atoms with E-state index in [0.29, 0.717) is 23.2 Å². The number of aryl methyl sites for hydroxylation is 1. The van der Waals surface area contributed by atoms with Crippen molar-refractivity contribution in [2.24, 2.45) is 5.92 Å². The molecule has 0 aliphatic rings. The number of nitrogens with one attached hydrogen (secondary N) is 1. The van der Waals surface area contributed by atoms with Crippen LogP contribution in [-0.2, 0) is 11.2 Å². The van der Waals surface area contributed by atoms with Crippen LogP contribution in [0.2, 0.25) is 0 Å². The van der Waals surface area contributed by atoms with Crippen molar-refractivity contribution in [2.75, 3.05) is 0 Å². The highest BCUT2D eigenvalue weighted by molar-refractivity contribution is 5.79. The molecule has 0 fully saturated rings. The lowest BCUT2D eigenvalue weighted by molar-refractivity contribution is -0.121. The first-order valence-electron chi connectivity index (χ1n) is 9.63. The molecule has 0 saturated heterocycles. The highest BCUT2D eigenvalue weighted by Crippen LogP contribution is 2.23. The van der Waals surface area contributed by atoms with Gasteiger partial charge in [0.1, 0.15) is 5.76 Å². The Hall–Kier alpha value is -3.48. The number of benzene rings is 1. The smallest absolute Gasteiger partial charge is 0.226 e. The molecule has 1 aromatic carbocycles. The van der Waals surface area contributed by atoms with Gasteiger partial charge in [-0.05, 0) is 37.1 Å². The maximum absolute atomic E-state index is 12.8. The highest BCUT2D eigenvalue weighted by atomic mass is 16.4. The first kappa shape index (κ1) is 18.9. The number of hydrogen-bond donors (Lipinski definition) is 1. The van der Waals surface area contributed by atoms with E-state index < -0.39 is 0 Å². The van der Waals surface area contributed by atoms with Gasteiger partial charge in [0.15, 0.2) is 11.5 Å². The zero-order valence-electron chi connectivity index (χ0n) is 16.7. The fourth-order valence-corrected chi connectivity index (χ4v) is 3.27. The molecule has 3 aromatic heterocycles. The van der Waals surface area contributed by atoms with E-state index in [2.05, 4.69) is 20.5 Å². The zero-order chi connectivity index (χ0) is 20.4. The van der Waals surface area contributed by atoms with Gasteiger partial charge >= 0.3 is 0 Å². The standard InChI is InChI=1S/C22H23N5O2/c1-14(2)20(21-26-25-18-11-7-8-12-27(18)21)24-19(28)13-17-15(3)29-22(23-17)16-9-5-4-6-10-16/h4-12,14,20H,13H2,1-3H3,(H,24,28)/t20-/m1/s1.